The number of hydrogen-bond donors (Lipinski definition) is 2. The van der Waals surface area contributed by atoms with Gasteiger partial charge in [0.2, 0.25) is 17.7 Å². The van der Waals surface area contributed by atoms with Crippen LogP contribution in [-0.4, -0.2) is 48.2 Å². The van der Waals surface area contributed by atoms with Crippen molar-refractivity contribution in [3.63, 3.8) is 0 Å². The van der Waals surface area contributed by atoms with Crippen LogP contribution in [0.2, 0.25) is 0 Å². The molecule has 0 spiro atoms. The van der Waals surface area contributed by atoms with Crippen molar-refractivity contribution in [3.8, 4) is 0 Å². The first-order valence-electron chi connectivity index (χ1n) is 7.25. The predicted molar refractivity (Wildman–Crippen MR) is 94.6 cm³/mol. The molecule has 2 N–H and O–H groups in total. The highest BCUT2D eigenvalue weighted by molar-refractivity contribution is 7.98. The lowest BCUT2D eigenvalue weighted by molar-refractivity contribution is -0.135. The molecule has 23 heavy (non-hydrogen) atoms. The number of likely N-dealkylation sites (N-methyl/N-ethyl adjacent to an activating group) is 1. The molecule has 1 aromatic carbocycles. The number of nitrogens with one attached hydrogen (secondary N) is 2. The zero-order valence-electron chi connectivity index (χ0n) is 13.9. The van der Waals surface area contributed by atoms with E-state index >= 15 is 0 Å². The normalized spacial score (nSPS) is 11.5. The molecule has 0 saturated heterocycles. The molecule has 6 nitrogen and oxygen atoms in total. The molecule has 126 valence electrons. The molecule has 1 aromatic rings. The second kappa shape index (κ2) is 9.19. The van der Waals surface area contributed by atoms with Gasteiger partial charge in [-0.15, -0.1) is 0 Å². The first-order valence-corrected chi connectivity index (χ1v) is 8.64. The van der Waals surface area contributed by atoms with Crippen LogP contribution < -0.4 is 10.6 Å². The summed E-state index contributed by atoms with van der Waals surface area (Å²) >= 11 is 1.60. The van der Waals surface area contributed by atoms with E-state index in [4.69, 9.17) is 0 Å². The summed E-state index contributed by atoms with van der Waals surface area (Å²) in [5.41, 5.74) is 1.17. The van der Waals surface area contributed by atoms with Gasteiger partial charge in [0, 0.05) is 37.0 Å². The summed E-state index contributed by atoms with van der Waals surface area (Å²) in [6.45, 7) is 3.26. The fourth-order valence-corrected chi connectivity index (χ4v) is 2.71. The Morgan fingerprint density at radius 3 is 2.39 bits per heavy atom. The third kappa shape index (κ3) is 6.73. The monoisotopic (exact) mass is 337 g/mol. The first-order chi connectivity index (χ1) is 10.8. The Morgan fingerprint density at radius 2 is 1.83 bits per heavy atom. The number of carbonyl (C=O) groups excluding carboxylic acids is 3. The molecule has 1 rings (SSSR count). The summed E-state index contributed by atoms with van der Waals surface area (Å²) in [6, 6.07) is 6.85. The van der Waals surface area contributed by atoms with Gasteiger partial charge in [-0.3, -0.25) is 14.4 Å². The van der Waals surface area contributed by atoms with Crippen LogP contribution in [0.4, 0.5) is 11.4 Å². The number of benzene rings is 1. The van der Waals surface area contributed by atoms with Gasteiger partial charge in [-0.2, -0.15) is 11.8 Å². The molecule has 1 atom stereocenters. The van der Waals surface area contributed by atoms with E-state index in [1.165, 1.54) is 11.8 Å². The molecular weight excluding hydrogens is 314 g/mol. The van der Waals surface area contributed by atoms with Crippen LogP contribution >= 0.6 is 11.8 Å². The smallest absolute Gasteiger partial charge is 0.243 e. The summed E-state index contributed by atoms with van der Waals surface area (Å²) in [5, 5.41) is 5.37. The Morgan fingerprint density at radius 1 is 1.22 bits per heavy atom. The van der Waals surface area contributed by atoms with Crippen LogP contribution in [0.1, 0.15) is 13.8 Å². The topological polar surface area (TPSA) is 78.5 Å². The van der Waals surface area contributed by atoms with Gasteiger partial charge in [-0.05, 0) is 24.5 Å². The third-order valence-electron chi connectivity index (χ3n) is 3.06. The minimum Gasteiger partial charge on any atom is -0.336 e. The van der Waals surface area contributed by atoms with Crippen molar-refractivity contribution in [2.45, 2.75) is 13.8 Å². The lowest BCUT2D eigenvalue weighted by atomic mass is 10.2. The molecule has 0 bridgehead atoms. The van der Waals surface area contributed by atoms with Crippen LogP contribution in [0, 0.1) is 5.92 Å². The summed E-state index contributed by atoms with van der Waals surface area (Å²) in [7, 11) is 1.62. The van der Waals surface area contributed by atoms with E-state index in [0.717, 1.165) is 5.75 Å². The summed E-state index contributed by atoms with van der Waals surface area (Å²) in [5.74, 6) is 0.0926. The summed E-state index contributed by atoms with van der Waals surface area (Å²) in [4.78, 5) is 36.6. The number of thioether (sulfide) groups is 1. The number of hydrogen-bond acceptors (Lipinski definition) is 4. The van der Waals surface area contributed by atoms with Crippen molar-refractivity contribution in [2.24, 2.45) is 5.92 Å². The van der Waals surface area contributed by atoms with Crippen molar-refractivity contribution in [3.05, 3.63) is 24.3 Å². The van der Waals surface area contributed by atoms with Crippen molar-refractivity contribution in [1.82, 2.24) is 4.90 Å². The van der Waals surface area contributed by atoms with Gasteiger partial charge in [0.25, 0.3) is 0 Å². The second-order valence-electron chi connectivity index (χ2n) is 5.36. The molecule has 7 heteroatoms. The van der Waals surface area contributed by atoms with E-state index in [1.807, 2.05) is 13.2 Å². The molecule has 1 unspecified atom stereocenters. The first kappa shape index (κ1) is 19.0. The molecule has 3 amide bonds. The molecule has 0 aliphatic carbocycles. The molecule has 0 saturated carbocycles. The van der Waals surface area contributed by atoms with E-state index in [2.05, 4.69) is 10.6 Å². The largest absolute Gasteiger partial charge is 0.336 e. The minimum atomic E-state index is -0.280. The Hall–Kier alpha value is -2.02. The third-order valence-corrected chi connectivity index (χ3v) is 3.90. The van der Waals surface area contributed by atoms with Gasteiger partial charge in [0.1, 0.15) is 0 Å². The van der Waals surface area contributed by atoms with Crippen LogP contribution in [0.5, 0.6) is 0 Å². The maximum atomic E-state index is 12.1. The molecule has 0 heterocycles. The average Bonchev–Trinajstić information content (AvgIpc) is 2.46. The number of carbonyl (C=O) groups is 3. The maximum absolute atomic E-state index is 12.1. The highest BCUT2D eigenvalue weighted by Gasteiger charge is 2.19. The zero-order valence-corrected chi connectivity index (χ0v) is 14.7. The molecule has 0 aromatic heterocycles. The minimum absolute atomic E-state index is 0.0120. The lowest BCUT2D eigenvalue weighted by Gasteiger charge is -2.20. The van der Waals surface area contributed by atoms with E-state index < -0.39 is 0 Å². The van der Waals surface area contributed by atoms with Crippen molar-refractivity contribution in [1.29, 1.82) is 0 Å². The number of nitrogens with zero attached hydrogens (tertiary/aromatic N) is 1. The van der Waals surface area contributed by atoms with Crippen LogP contribution in [-0.2, 0) is 14.4 Å². The Kier molecular flexibility index (Phi) is 7.61. The number of amides is 3. The summed E-state index contributed by atoms with van der Waals surface area (Å²) in [6.07, 6.45) is 1.94. The van der Waals surface area contributed by atoms with Crippen LogP contribution in [0.25, 0.3) is 0 Å². The molecule has 0 radical (unpaired) electrons. The van der Waals surface area contributed by atoms with Gasteiger partial charge >= 0.3 is 0 Å². The van der Waals surface area contributed by atoms with Crippen molar-refractivity contribution < 1.29 is 14.4 Å². The van der Waals surface area contributed by atoms with Gasteiger partial charge < -0.3 is 15.5 Å². The van der Waals surface area contributed by atoms with Gasteiger partial charge in [-0.1, -0.05) is 13.0 Å². The number of anilines is 2. The van der Waals surface area contributed by atoms with Gasteiger partial charge in [0.05, 0.1) is 6.54 Å². The quantitative estimate of drug-likeness (QED) is 0.798. The molecule has 0 fully saturated rings. The molecule has 0 aliphatic rings. The fraction of sp³-hybridized carbons (Fsp3) is 0.438. The van der Waals surface area contributed by atoms with Crippen LogP contribution in [0.15, 0.2) is 24.3 Å². The van der Waals surface area contributed by atoms with Crippen LogP contribution in [0.3, 0.4) is 0 Å². The SMILES string of the molecule is CSCC(C)C(=O)N(C)CC(=O)Nc1cccc(NC(C)=O)c1. The van der Waals surface area contributed by atoms with E-state index in [-0.39, 0.29) is 30.2 Å². The van der Waals surface area contributed by atoms with Gasteiger partial charge in [0.15, 0.2) is 0 Å². The second-order valence-corrected chi connectivity index (χ2v) is 6.27. The van der Waals surface area contributed by atoms with E-state index in [1.54, 1.807) is 43.1 Å². The highest BCUT2D eigenvalue weighted by Crippen LogP contribution is 2.15. The highest BCUT2D eigenvalue weighted by atomic mass is 32.2. The van der Waals surface area contributed by atoms with Gasteiger partial charge in [-0.25, -0.2) is 0 Å². The maximum Gasteiger partial charge on any atom is 0.243 e. The Labute approximate surface area is 141 Å². The van der Waals surface area contributed by atoms with Crippen molar-refractivity contribution in [2.75, 3.05) is 36.2 Å². The average molecular weight is 337 g/mol. The standard InChI is InChI=1S/C16H23N3O3S/c1-11(10-23-4)16(22)19(3)9-15(21)18-14-7-5-6-13(8-14)17-12(2)20/h5-8,11H,9-10H2,1-4H3,(H,17,20)(H,18,21). The lowest BCUT2D eigenvalue weighted by Crippen LogP contribution is -2.38. The Balaban J connectivity index is 2.59. The molecule has 0 aliphatic heterocycles. The number of rotatable bonds is 7. The predicted octanol–water partition coefficient (Wildman–Crippen LogP) is 2.04. The van der Waals surface area contributed by atoms with Crippen molar-refractivity contribution >= 4 is 40.9 Å². The zero-order chi connectivity index (χ0) is 17.4. The molecular formula is C16H23N3O3S. The van der Waals surface area contributed by atoms with E-state index in [9.17, 15) is 14.4 Å². The Bertz CT molecular complexity index is 577. The fourth-order valence-electron chi connectivity index (χ4n) is 2.07. The van der Waals surface area contributed by atoms with E-state index in [0.29, 0.717) is 11.4 Å². The summed E-state index contributed by atoms with van der Waals surface area (Å²) < 4.78 is 0.